The van der Waals surface area contributed by atoms with E-state index in [-0.39, 0.29) is 0 Å². The molecule has 0 spiro atoms. The molecule has 0 aliphatic heterocycles. The van der Waals surface area contributed by atoms with Crippen molar-refractivity contribution >= 4 is 17.3 Å². The molecule has 17 heavy (non-hydrogen) atoms. The highest BCUT2D eigenvalue weighted by atomic mass is 32.1. The number of nitrogens with one attached hydrogen (secondary N) is 1. The van der Waals surface area contributed by atoms with Crippen molar-refractivity contribution in [3.63, 3.8) is 0 Å². The molecule has 0 amide bonds. The summed E-state index contributed by atoms with van der Waals surface area (Å²) in [4.78, 5) is 5.89. The zero-order valence-corrected chi connectivity index (χ0v) is 11.2. The molecule has 1 atom stereocenters. The minimum absolute atomic E-state index is 0.306. The maximum atomic E-state index is 5.98. The second kappa shape index (κ2) is 6.05. The second-order valence-electron chi connectivity index (χ2n) is 4.57. The molecule has 0 radical (unpaired) electrons. The van der Waals surface area contributed by atoms with Crippen LogP contribution in [0, 0.1) is 0 Å². The first-order chi connectivity index (χ1) is 8.29. The molecule has 0 aromatic carbocycles. The van der Waals surface area contributed by atoms with Crippen molar-refractivity contribution in [1.29, 1.82) is 0 Å². The van der Waals surface area contributed by atoms with E-state index in [2.05, 4.69) is 34.7 Å². The van der Waals surface area contributed by atoms with E-state index in [1.165, 1.54) is 30.6 Å². The molecule has 1 aromatic heterocycles. The van der Waals surface area contributed by atoms with Gasteiger partial charge in [0.05, 0.1) is 12.1 Å². The van der Waals surface area contributed by atoms with Crippen molar-refractivity contribution in [2.24, 2.45) is 10.7 Å². The Morgan fingerprint density at radius 2 is 2.35 bits per heavy atom. The van der Waals surface area contributed by atoms with Crippen LogP contribution in [0.4, 0.5) is 0 Å². The second-order valence-corrected chi connectivity index (χ2v) is 5.55. The Kier molecular flexibility index (Phi) is 4.42. The van der Waals surface area contributed by atoms with Gasteiger partial charge >= 0.3 is 0 Å². The molecule has 0 saturated heterocycles. The normalized spacial score (nSPS) is 19.5. The van der Waals surface area contributed by atoms with E-state index < -0.39 is 0 Å². The number of nitrogens with two attached hydrogens (primary N) is 1. The lowest BCUT2D eigenvalue weighted by molar-refractivity contribution is 0.620. The number of guanidine groups is 1. The molecule has 94 valence electrons. The van der Waals surface area contributed by atoms with Crippen molar-refractivity contribution in [2.75, 3.05) is 0 Å². The average molecular weight is 251 g/mol. The molecular formula is C13H21N3S. The quantitative estimate of drug-likeness (QED) is 0.638. The zero-order valence-electron chi connectivity index (χ0n) is 10.4. The first kappa shape index (κ1) is 12.4. The van der Waals surface area contributed by atoms with Gasteiger partial charge in [-0.05, 0) is 30.7 Å². The number of rotatable bonds is 4. The lowest BCUT2D eigenvalue weighted by atomic mass is 10.2. The van der Waals surface area contributed by atoms with Gasteiger partial charge in [-0.3, -0.25) is 4.99 Å². The third-order valence-corrected chi connectivity index (χ3v) is 4.25. The fraction of sp³-hybridized carbons (Fsp3) is 0.615. The lowest BCUT2D eigenvalue weighted by Gasteiger charge is -2.17. The third-order valence-electron chi connectivity index (χ3n) is 3.26. The molecule has 3 nitrogen and oxygen atoms in total. The molecule has 1 saturated carbocycles. The number of hydrogen-bond acceptors (Lipinski definition) is 2. The third kappa shape index (κ3) is 3.46. The molecule has 1 aliphatic rings. The number of nitrogens with zero attached hydrogens (tertiary/aromatic N) is 1. The van der Waals surface area contributed by atoms with Crippen molar-refractivity contribution in [1.82, 2.24) is 5.32 Å². The van der Waals surface area contributed by atoms with Crippen LogP contribution in [0.3, 0.4) is 0 Å². The summed E-state index contributed by atoms with van der Waals surface area (Å²) in [5.41, 5.74) is 5.98. The van der Waals surface area contributed by atoms with E-state index in [0.29, 0.717) is 18.0 Å². The fourth-order valence-electron chi connectivity index (χ4n) is 2.31. The first-order valence-electron chi connectivity index (χ1n) is 6.42. The van der Waals surface area contributed by atoms with E-state index in [1.807, 2.05) is 0 Å². The van der Waals surface area contributed by atoms with E-state index in [9.17, 15) is 0 Å². The Labute approximate surface area is 107 Å². The Balaban J connectivity index is 1.93. The van der Waals surface area contributed by atoms with Crippen LogP contribution in [-0.4, -0.2) is 12.0 Å². The van der Waals surface area contributed by atoms with Crippen LogP contribution < -0.4 is 11.1 Å². The topological polar surface area (TPSA) is 50.4 Å². The largest absolute Gasteiger partial charge is 0.370 e. The van der Waals surface area contributed by atoms with Gasteiger partial charge in [0, 0.05) is 4.88 Å². The maximum Gasteiger partial charge on any atom is 0.189 e. The van der Waals surface area contributed by atoms with Gasteiger partial charge in [0.25, 0.3) is 0 Å². The number of thiophene rings is 1. The van der Waals surface area contributed by atoms with E-state index >= 15 is 0 Å². The first-order valence-corrected chi connectivity index (χ1v) is 7.30. The Morgan fingerprint density at radius 3 is 2.94 bits per heavy atom. The van der Waals surface area contributed by atoms with E-state index in [1.54, 1.807) is 11.3 Å². The summed E-state index contributed by atoms with van der Waals surface area (Å²) in [6.07, 6.45) is 6.00. The maximum absolute atomic E-state index is 5.98. The van der Waals surface area contributed by atoms with Crippen LogP contribution in [0.15, 0.2) is 22.5 Å². The molecule has 0 bridgehead atoms. The molecule has 1 aromatic rings. The molecule has 1 unspecified atom stereocenters. The van der Waals surface area contributed by atoms with Crippen molar-refractivity contribution in [3.8, 4) is 0 Å². The van der Waals surface area contributed by atoms with Crippen molar-refractivity contribution in [2.45, 2.75) is 51.1 Å². The molecule has 1 aliphatic carbocycles. The highest BCUT2D eigenvalue weighted by molar-refractivity contribution is 7.10. The minimum atomic E-state index is 0.306. The number of aliphatic imine (C=N–C) groups is 1. The predicted octanol–water partition coefficient (Wildman–Crippen LogP) is 3.05. The van der Waals surface area contributed by atoms with Gasteiger partial charge in [-0.25, -0.2) is 0 Å². The van der Waals surface area contributed by atoms with Crippen LogP contribution >= 0.6 is 11.3 Å². The standard InChI is InChI=1S/C13H21N3S/c1-2-11(12-8-5-9-17-12)16-13(14)15-10-6-3-4-7-10/h5,8-11H,2-4,6-7H2,1H3,(H3,14,15,16). The Hall–Kier alpha value is -1.03. The van der Waals surface area contributed by atoms with Gasteiger partial charge in [-0.2, -0.15) is 0 Å². The van der Waals surface area contributed by atoms with Crippen molar-refractivity contribution < 1.29 is 0 Å². The summed E-state index contributed by atoms with van der Waals surface area (Å²) in [5, 5.41) is 5.44. The Bertz CT molecular complexity index is 353. The van der Waals surface area contributed by atoms with E-state index in [0.717, 1.165) is 6.42 Å². The monoisotopic (exact) mass is 251 g/mol. The van der Waals surface area contributed by atoms with Gasteiger partial charge in [0.1, 0.15) is 0 Å². The Morgan fingerprint density at radius 1 is 1.59 bits per heavy atom. The molecule has 2 rings (SSSR count). The van der Waals surface area contributed by atoms with Crippen LogP contribution in [-0.2, 0) is 0 Å². The molecular weight excluding hydrogens is 230 g/mol. The highest BCUT2D eigenvalue weighted by Crippen LogP contribution is 2.23. The van der Waals surface area contributed by atoms with Crippen LogP contribution in [0.2, 0.25) is 0 Å². The van der Waals surface area contributed by atoms with Gasteiger partial charge < -0.3 is 11.1 Å². The predicted molar refractivity (Wildman–Crippen MR) is 74.4 cm³/mol. The zero-order chi connectivity index (χ0) is 12.1. The molecule has 4 heteroatoms. The smallest absolute Gasteiger partial charge is 0.189 e. The minimum Gasteiger partial charge on any atom is -0.370 e. The van der Waals surface area contributed by atoms with Gasteiger partial charge in [0.15, 0.2) is 5.96 Å². The SMILES string of the molecule is CCC(NC(N)=NC1CCCC1)c1cccs1. The summed E-state index contributed by atoms with van der Waals surface area (Å²) < 4.78 is 0. The highest BCUT2D eigenvalue weighted by Gasteiger charge is 2.15. The summed E-state index contributed by atoms with van der Waals surface area (Å²) in [5.74, 6) is 0.608. The lowest BCUT2D eigenvalue weighted by Crippen LogP contribution is -2.35. The number of hydrogen-bond donors (Lipinski definition) is 2. The molecule has 3 N–H and O–H groups in total. The van der Waals surface area contributed by atoms with Gasteiger partial charge in [-0.15, -0.1) is 11.3 Å². The van der Waals surface area contributed by atoms with Gasteiger partial charge in [-0.1, -0.05) is 25.8 Å². The van der Waals surface area contributed by atoms with E-state index in [4.69, 9.17) is 5.73 Å². The fourth-order valence-corrected chi connectivity index (χ4v) is 3.17. The van der Waals surface area contributed by atoms with Crippen LogP contribution in [0.5, 0.6) is 0 Å². The summed E-state index contributed by atoms with van der Waals surface area (Å²) in [6.45, 7) is 2.17. The van der Waals surface area contributed by atoms with Crippen LogP contribution in [0.25, 0.3) is 0 Å². The summed E-state index contributed by atoms with van der Waals surface area (Å²) >= 11 is 1.77. The van der Waals surface area contributed by atoms with Gasteiger partial charge in [0.2, 0.25) is 0 Å². The summed E-state index contributed by atoms with van der Waals surface area (Å²) in [7, 11) is 0. The molecule has 1 heterocycles. The summed E-state index contributed by atoms with van der Waals surface area (Å²) in [6, 6.07) is 4.98. The van der Waals surface area contributed by atoms with Crippen LogP contribution in [0.1, 0.15) is 49.9 Å². The van der Waals surface area contributed by atoms with Crippen molar-refractivity contribution in [3.05, 3.63) is 22.4 Å². The average Bonchev–Trinajstić information content (AvgIpc) is 2.97. The molecule has 1 fully saturated rings.